The summed E-state index contributed by atoms with van der Waals surface area (Å²) < 4.78 is 0. The van der Waals surface area contributed by atoms with Crippen LogP contribution in [0.5, 0.6) is 0 Å². The van der Waals surface area contributed by atoms with E-state index in [-0.39, 0.29) is 5.78 Å². The van der Waals surface area contributed by atoms with Crippen LogP contribution in [0, 0.1) is 5.92 Å². The summed E-state index contributed by atoms with van der Waals surface area (Å²) >= 11 is 0. The molecule has 0 spiro atoms. The van der Waals surface area contributed by atoms with Crippen LogP contribution in [0.25, 0.3) is 0 Å². The fourth-order valence-electron chi connectivity index (χ4n) is 2.40. The molecule has 2 rings (SSSR count). The maximum absolute atomic E-state index is 11.0. The fraction of sp³-hybridized carbons (Fsp3) is 0.769. The van der Waals surface area contributed by atoms with Gasteiger partial charge >= 0.3 is 0 Å². The van der Waals surface area contributed by atoms with Gasteiger partial charge in [0.2, 0.25) is 0 Å². The monoisotopic (exact) mass is 222 g/mol. The van der Waals surface area contributed by atoms with Gasteiger partial charge in [-0.1, -0.05) is 6.92 Å². The predicted molar refractivity (Wildman–Crippen MR) is 65.2 cm³/mol. The van der Waals surface area contributed by atoms with E-state index in [0.717, 1.165) is 31.1 Å². The van der Waals surface area contributed by atoms with Crippen molar-refractivity contribution < 1.29 is 4.79 Å². The summed E-state index contributed by atoms with van der Waals surface area (Å²) in [5.41, 5.74) is 1.13. The van der Waals surface area contributed by atoms with Crippen LogP contribution in [0.2, 0.25) is 0 Å². The summed E-state index contributed by atoms with van der Waals surface area (Å²) in [6, 6.07) is 0. The highest BCUT2D eigenvalue weighted by molar-refractivity contribution is 5.92. The summed E-state index contributed by atoms with van der Waals surface area (Å²) in [5, 5.41) is 3.37. The third-order valence-corrected chi connectivity index (χ3v) is 3.63. The van der Waals surface area contributed by atoms with Gasteiger partial charge in [0.15, 0.2) is 5.78 Å². The number of allylic oxidation sites excluding steroid dienone is 2. The van der Waals surface area contributed by atoms with Gasteiger partial charge in [0.1, 0.15) is 0 Å². The van der Waals surface area contributed by atoms with Crippen LogP contribution in [-0.2, 0) is 4.79 Å². The van der Waals surface area contributed by atoms with Crippen molar-refractivity contribution in [2.45, 2.75) is 32.6 Å². The minimum absolute atomic E-state index is 0.272. The molecule has 1 N–H and O–H groups in total. The number of nitrogens with one attached hydrogen (secondary N) is 1. The van der Waals surface area contributed by atoms with Gasteiger partial charge in [0.05, 0.1) is 0 Å². The van der Waals surface area contributed by atoms with Crippen molar-refractivity contribution in [3.63, 3.8) is 0 Å². The molecule has 1 saturated heterocycles. The number of piperidine rings is 1. The first-order valence-electron chi connectivity index (χ1n) is 6.43. The van der Waals surface area contributed by atoms with Crippen molar-refractivity contribution in [3.8, 4) is 0 Å². The minimum Gasteiger partial charge on any atom is -0.387 e. The highest BCUT2D eigenvalue weighted by atomic mass is 16.1. The Morgan fingerprint density at radius 3 is 2.75 bits per heavy atom. The number of hydrogen-bond donors (Lipinski definition) is 1. The zero-order valence-corrected chi connectivity index (χ0v) is 10.2. The molecular formula is C13H22N2O. The van der Waals surface area contributed by atoms with Gasteiger partial charge in [0.25, 0.3) is 0 Å². The van der Waals surface area contributed by atoms with Crippen LogP contribution < -0.4 is 5.32 Å². The van der Waals surface area contributed by atoms with Gasteiger partial charge in [-0.05, 0) is 38.3 Å². The Bertz CT molecular complexity index is 278. The van der Waals surface area contributed by atoms with Crippen molar-refractivity contribution >= 4 is 5.78 Å². The standard InChI is InChI=1S/C13H22N2O/c1-11-4-7-15(8-5-11)9-6-14-12-2-3-13(16)10-12/h10-11,14H,2-9H2,1H3. The van der Waals surface area contributed by atoms with Gasteiger partial charge < -0.3 is 10.2 Å². The van der Waals surface area contributed by atoms with Crippen LogP contribution >= 0.6 is 0 Å². The van der Waals surface area contributed by atoms with Crippen molar-refractivity contribution in [1.82, 2.24) is 10.2 Å². The summed E-state index contributed by atoms with van der Waals surface area (Å²) in [7, 11) is 0. The summed E-state index contributed by atoms with van der Waals surface area (Å²) in [6.45, 7) is 6.90. The van der Waals surface area contributed by atoms with Gasteiger partial charge in [-0.2, -0.15) is 0 Å². The number of carbonyl (C=O) groups excluding carboxylic acids is 1. The van der Waals surface area contributed by atoms with Crippen molar-refractivity contribution in [1.29, 1.82) is 0 Å². The van der Waals surface area contributed by atoms with Gasteiger partial charge in [-0.3, -0.25) is 4.79 Å². The molecule has 1 heterocycles. The highest BCUT2D eigenvalue weighted by Gasteiger charge is 2.15. The molecule has 1 aliphatic carbocycles. The molecule has 2 aliphatic rings. The van der Waals surface area contributed by atoms with E-state index >= 15 is 0 Å². The normalized spacial score (nSPS) is 23.6. The molecule has 0 atom stereocenters. The molecule has 3 heteroatoms. The van der Waals surface area contributed by atoms with Crippen LogP contribution in [-0.4, -0.2) is 36.9 Å². The van der Waals surface area contributed by atoms with E-state index in [9.17, 15) is 4.79 Å². The largest absolute Gasteiger partial charge is 0.387 e. The topological polar surface area (TPSA) is 32.3 Å². The molecule has 0 saturated carbocycles. The lowest BCUT2D eigenvalue weighted by Crippen LogP contribution is -2.37. The Labute approximate surface area is 97.9 Å². The maximum Gasteiger partial charge on any atom is 0.157 e. The van der Waals surface area contributed by atoms with Crippen molar-refractivity contribution in [3.05, 3.63) is 11.8 Å². The van der Waals surface area contributed by atoms with E-state index < -0.39 is 0 Å². The van der Waals surface area contributed by atoms with Crippen LogP contribution in [0.15, 0.2) is 11.8 Å². The second-order valence-corrected chi connectivity index (χ2v) is 5.09. The zero-order valence-electron chi connectivity index (χ0n) is 10.2. The van der Waals surface area contributed by atoms with E-state index in [0.29, 0.717) is 6.42 Å². The third-order valence-electron chi connectivity index (χ3n) is 3.63. The first-order chi connectivity index (χ1) is 7.74. The van der Waals surface area contributed by atoms with Gasteiger partial charge in [-0.15, -0.1) is 0 Å². The van der Waals surface area contributed by atoms with Gasteiger partial charge in [-0.25, -0.2) is 0 Å². The van der Waals surface area contributed by atoms with Crippen LogP contribution in [0.1, 0.15) is 32.6 Å². The van der Waals surface area contributed by atoms with E-state index in [1.54, 1.807) is 6.08 Å². The van der Waals surface area contributed by atoms with E-state index in [1.165, 1.54) is 25.9 Å². The Morgan fingerprint density at radius 2 is 2.12 bits per heavy atom. The summed E-state index contributed by atoms with van der Waals surface area (Å²) in [6.07, 6.45) is 6.04. The molecule has 0 bridgehead atoms. The molecule has 3 nitrogen and oxygen atoms in total. The summed E-state index contributed by atoms with van der Waals surface area (Å²) in [4.78, 5) is 13.5. The van der Waals surface area contributed by atoms with Crippen molar-refractivity contribution in [2.75, 3.05) is 26.2 Å². The zero-order chi connectivity index (χ0) is 11.4. The maximum atomic E-state index is 11.0. The van der Waals surface area contributed by atoms with Crippen molar-refractivity contribution in [2.24, 2.45) is 5.92 Å². The highest BCUT2D eigenvalue weighted by Crippen LogP contribution is 2.15. The predicted octanol–water partition coefficient (Wildman–Crippen LogP) is 1.55. The number of hydrogen-bond acceptors (Lipinski definition) is 3. The SMILES string of the molecule is CC1CCN(CCNC2=CC(=O)CC2)CC1. The Balaban J connectivity index is 1.61. The second kappa shape index (κ2) is 5.48. The number of likely N-dealkylation sites (tertiary alicyclic amines) is 1. The van der Waals surface area contributed by atoms with Crippen LogP contribution in [0.3, 0.4) is 0 Å². The van der Waals surface area contributed by atoms with E-state index in [1.807, 2.05) is 0 Å². The second-order valence-electron chi connectivity index (χ2n) is 5.09. The number of carbonyl (C=O) groups is 1. The Hall–Kier alpha value is -0.830. The molecule has 0 unspecified atom stereocenters. The number of rotatable bonds is 4. The molecular weight excluding hydrogens is 200 g/mol. The quantitative estimate of drug-likeness (QED) is 0.783. The Morgan fingerprint density at radius 1 is 1.38 bits per heavy atom. The van der Waals surface area contributed by atoms with Gasteiger partial charge in [0, 0.05) is 31.3 Å². The molecule has 1 fully saturated rings. The lowest BCUT2D eigenvalue weighted by Gasteiger charge is -2.30. The molecule has 0 aromatic carbocycles. The van der Waals surface area contributed by atoms with E-state index in [4.69, 9.17) is 0 Å². The number of ketones is 1. The molecule has 0 amide bonds. The Kier molecular flexibility index (Phi) is 3.99. The van der Waals surface area contributed by atoms with E-state index in [2.05, 4.69) is 17.1 Å². The lowest BCUT2D eigenvalue weighted by atomic mass is 9.99. The molecule has 90 valence electrons. The molecule has 0 aromatic heterocycles. The average Bonchev–Trinajstić information content (AvgIpc) is 2.67. The fourth-order valence-corrected chi connectivity index (χ4v) is 2.40. The first-order valence-corrected chi connectivity index (χ1v) is 6.43. The lowest BCUT2D eigenvalue weighted by molar-refractivity contribution is -0.114. The number of nitrogens with zero attached hydrogens (tertiary/aromatic N) is 1. The molecule has 16 heavy (non-hydrogen) atoms. The summed E-state index contributed by atoms with van der Waals surface area (Å²) in [5.74, 6) is 1.17. The molecule has 1 aliphatic heterocycles. The molecule has 0 radical (unpaired) electrons. The smallest absolute Gasteiger partial charge is 0.157 e. The third kappa shape index (κ3) is 3.34. The average molecular weight is 222 g/mol. The van der Waals surface area contributed by atoms with Crippen LogP contribution in [0.4, 0.5) is 0 Å². The first kappa shape index (κ1) is 11.6. The molecule has 0 aromatic rings. The minimum atomic E-state index is 0.272.